The number of rotatable bonds is 1. The molecule has 0 radical (unpaired) electrons. The van der Waals surface area contributed by atoms with Gasteiger partial charge in [-0.2, -0.15) is 0 Å². The minimum absolute atomic E-state index is 0.0255. The fraction of sp³-hybridized carbons (Fsp3) is 0.167. The molecule has 1 nitrogen and oxygen atoms in total. The van der Waals surface area contributed by atoms with Crippen LogP contribution in [0.15, 0.2) is 48.0 Å². The molecule has 3 heteroatoms. The number of Topliss-reactive ketones (excluding diaryl/α,β-unsaturated/α-hetero) is 1. The maximum atomic E-state index is 13.9. The molecule has 2 aromatic rings. The Morgan fingerprint density at radius 1 is 1.05 bits per heavy atom. The van der Waals surface area contributed by atoms with Crippen molar-refractivity contribution in [2.24, 2.45) is 0 Å². The molecule has 0 saturated heterocycles. The summed E-state index contributed by atoms with van der Waals surface area (Å²) in [6.07, 6.45) is 3.98. The molecule has 106 valence electrons. The van der Waals surface area contributed by atoms with Gasteiger partial charge in [0, 0.05) is 16.7 Å². The molecule has 0 N–H and O–H groups in total. The number of carbonyl (C=O) groups excluding carboxylic acids is 1. The lowest BCUT2D eigenvalue weighted by atomic mass is 9.98. The van der Waals surface area contributed by atoms with E-state index in [1.165, 1.54) is 6.07 Å². The maximum absolute atomic E-state index is 13.9. The van der Waals surface area contributed by atoms with E-state index in [9.17, 15) is 9.18 Å². The van der Waals surface area contributed by atoms with Gasteiger partial charge in [0.25, 0.3) is 0 Å². The molecule has 0 amide bonds. The zero-order chi connectivity index (χ0) is 14.8. The second kappa shape index (κ2) is 5.82. The van der Waals surface area contributed by atoms with Crippen LogP contribution in [0.2, 0.25) is 5.02 Å². The molecule has 2 aromatic carbocycles. The van der Waals surface area contributed by atoms with Crippen molar-refractivity contribution in [2.45, 2.75) is 19.3 Å². The third kappa shape index (κ3) is 2.77. The van der Waals surface area contributed by atoms with E-state index >= 15 is 0 Å². The summed E-state index contributed by atoms with van der Waals surface area (Å²) >= 11 is 6.04. The van der Waals surface area contributed by atoms with Crippen LogP contribution in [0, 0.1) is 5.82 Å². The lowest BCUT2D eigenvalue weighted by Gasteiger charge is -2.06. The quantitative estimate of drug-likeness (QED) is 0.530. The zero-order valence-corrected chi connectivity index (χ0v) is 12.2. The Morgan fingerprint density at radius 2 is 1.86 bits per heavy atom. The van der Waals surface area contributed by atoms with E-state index in [0.717, 1.165) is 18.4 Å². The van der Waals surface area contributed by atoms with E-state index in [-0.39, 0.29) is 5.78 Å². The molecule has 0 fully saturated rings. The molecule has 0 atom stereocenters. The van der Waals surface area contributed by atoms with Gasteiger partial charge in [0.1, 0.15) is 5.82 Å². The summed E-state index contributed by atoms with van der Waals surface area (Å²) in [4.78, 5) is 12.6. The Balaban J connectivity index is 2.07. The first-order valence-corrected chi connectivity index (χ1v) is 7.32. The maximum Gasteiger partial charge on any atom is 0.189 e. The number of allylic oxidation sites excluding steroid dienone is 1. The molecule has 0 bridgehead atoms. The first kappa shape index (κ1) is 14.0. The van der Waals surface area contributed by atoms with Gasteiger partial charge >= 0.3 is 0 Å². The van der Waals surface area contributed by atoms with Crippen LogP contribution in [0.3, 0.4) is 0 Å². The van der Waals surface area contributed by atoms with E-state index in [1.54, 1.807) is 18.2 Å². The van der Waals surface area contributed by atoms with E-state index in [1.807, 2.05) is 24.3 Å². The summed E-state index contributed by atoms with van der Waals surface area (Å²) < 4.78 is 13.9. The SMILES string of the molecule is O=C1/C(=C/c2c(F)cccc2Cl)CCCc2ccccc21. The highest BCUT2D eigenvalue weighted by Gasteiger charge is 2.20. The van der Waals surface area contributed by atoms with Gasteiger partial charge in [-0.25, -0.2) is 4.39 Å². The molecule has 0 aromatic heterocycles. The smallest absolute Gasteiger partial charge is 0.189 e. The molecular weight excluding hydrogens is 287 g/mol. The standard InChI is InChI=1S/C18H14ClFO/c19-16-9-4-10-17(20)15(16)11-13-7-3-6-12-5-1-2-8-14(12)18(13)21/h1-2,4-5,8-11H,3,6-7H2/b13-11+. The van der Waals surface area contributed by atoms with Crippen LogP contribution in [0.1, 0.15) is 34.3 Å². The highest BCUT2D eigenvalue weighted by molar-refractivity contribution is 6.32. The van der Waals surface area contributed by atoms with Crippen molar-refractivity contribution in [3.05, 3.63) is 75.6 Å². The molecule has 1 aliphatic rings. The number of carbonyl (C=O) groups is 1. The van der Waals surface area contributed by atoms with Crippen molar-refractivity contribution in [1.29, 1.82) is 0 Å². The third-order valence-corrected chi connectivity index (χ3v) is 4.09. The molecule has 0 heterocycles. The van der Waals surface area contributed by atoms with E-state index < -0.39 is 5.82 Å². The largest absolute Gasteiger partial charge is 0.289 e. The fourth-order valence-electron chi connectivity index (χ4n) is 2.68. The Bertz CT molecular complexity index is 713. The number of halogens is 2. The van der Waals surface area contributed by atoms with Gasteiger partial charge in [-0.1, -0.05) is 41.9 Å². The highest BCUT2D eigenvalue weighted by atomic mass is 35.5. The van der Waals surface area contributed by atoms with Crippen molar-refractivity contribution in [1.82, 2.24) is 0 Å². The fourth-order valence-corrected chi connectivity index (χ4v) is 2.89. The minimum atomic E-state index is -0.402. The second-order valence-electron chi connectivity index (χ2n) is 5.14. The van der Waals surface area contributed by atoms with Crippen LogP contribution in [0.25, 0.3) is 6.08 Å². The number of hydrogen-bond acceptors (Lipinski definition) is 1. The van der Waals surface area contributed by atoms with Crippen molar-refractivity contribution in [3.8, 4) is 0 Å². The van der Waals surface area contributed by atoms with Crippen LogP contribution in [-0.2, 0) is 6.42 Å². The van der Waals surface area contributed by atoms with E-state index in [4.69, 9.17) is 11.6 Å². The average molecular weight is 301 g/mol. The number of aryl methyl sites for hydroxylation is 1. The number of ketones is 1. The molecule has 3 rings (SSSR count). The van der Waals surface area contributed by atoms with Crippen LogP contribution >= 0.6 is 11.6 Å². The second-order valence-corrected chi connectivity index (χ2v) is 5.55. The molecular formula is C18H14ClFO. The minimum Gasteiger partial charge on any atom is -0.289 e. The third-order valence-electron chi connectivity index (χ3n) is 3.76. The monoisotopic (exact) mass is 300 g/mol. The van der Waals surface area contributed by atoms with Gasteiger partial charge in [-0.05, 0) is 43.0 Å². The van der Waals surface area contributed by atoms with Gasteiger partial charge in [0.05, 0.1) is 5.02 Å². The zero-order valence-electron chi connectivity index (χ0n) is 11.4. The normalized spacial score (nSPS) is 16.7. The average Bonchev–Trinajstić information content (AvgIpc) is 2.63. The van der Waals surface area contributed by atoms with Gasteiger partial charge in [-0.15, -0.1) is 0 Å². The number of benzene rings is 2. The number of hydrogen-bond donors (Lipinski definition) is 0. The summed E-state index contributed by atoms with van der Waals surface area (Å²) in [7, 11) is 0. The Hall–Kier alpha value is -1.93. The molecule has 21 heavy (non-hydrogen) atoms. The highest BCUT2D eigenvalue weighted by Crippen LogP contribution is 2.28. The molecule has 0 aliphatic heterocycles. The first-order chi connectivity index (χ1) is 10.2. The summed E-state index contributed by atoms with van der Waals surface area (Å²) in [5.74, 6) is -0.428. The van der Waals surface area contributed by atoms with Crippen LogP contribution in [-0.4, -0.2) is 5.78 Å². The van der Waals surface area contributed by atoms with Crippen LogP contribution in [0.5, 0.6) is 0 Å². The molecule has 0 spiro atoms. The first-order valence-electron chi connectivity index (χ1n) is 6.94. The molecule has 0 unspecified atom stereocenters. The Morgan fingerprint density at radius 3 is 2.67 bits per heavy atom. The van der Waals surface area contributed by atoms with Gasteiger partial charge < -0.3 is 0 Å². The lowest BCUT2D eigenvalue weighted by Crippen LogP contribution is -2.03. The van der Waals surface area contributed by atoms with Crippen LogP contribution in [0.4, 0.5) is 4.39 Å². The summed E-state index contributed by atoms with van der Waals surface area (Å²) in [6.45, 7) is 0. The predicted octanol–water partition coefficient (Wildman–Crippen LogP) is 5.08. The number of fused-ring (bicyclic) bond motifs is 1. The predicted molar refractivity (Wildman–Crippen MR) is 83.1 cm³/mol. The summed E-state index contributed by atoms with van der Waals surface area (Å²) in [5.41, 5.74) is 2.69. The van der Waals surface area contributed by atoms with Gasteiger partial charge in [0.2, 0.25) is 0 Å². The van der Waals surface area contributed by atoms with Gasteiger partial charge in [-0.3, -0.25) is 4.79 Å². The van der Waals surface area contributed by atoms with Crippen molar-refractivity contribution in [2.75, 3.05) is 0 Å². The van der Waals surface area contributed by atoms with Crippen molar-refractivity contribution < 1.29 is 9.18 Å². The summed E-state index contributed by atoms with van der Waals surface area (Å²) in [6, 6.07) is 12.2. The lowest BCUT2D eigenvalue weighted by molar-refractivity contribution is 0.103. The van der Waals surface area contributed by atoms with E-state index in [2.05, 4.69) is 0 Å². The van der Waals surface area contributed by atoms with E-state index in [0.29, 0.717) is 28.1 Å². The molecule has 0 saturated carbocycles. The Kier molecular flexibility index (Phi) is 3.89. The van der Waals surface area contributed by atoms with Crippen LogP contribution < -0.4 is 0 Å². The topological polar surface area (TPSA) is 17.1 Å². The van der Waals surface area contributed by atoms with Crippen molar-refractivity contribution >= 4 is 23.5 Å². The molecule has 1 aliphatic carbocycles. The van der Waals surface area contributed by atoms with Crippen molar-refractivity contribution in [3.63, 3.8) is 0 Å². The van der Waals surface area contributed by atoms with Gasteiger partial charge in [0.15, 0.2) is 5.78 Å². The summed E-state index contributed by atoms with van der Waals surface area (Å²) in [5, 5.41) is 0.327. The Labute approximate surface area is 128 Å².